The van der Waals surface area contributed by atoms with Crippen molar-refractivity contribution in [1.29, 1.82) is 0 Å². The van der Waals surface area contributed by atoms with Crippen molar-refractivity contribution in [3.8, 4) is 0 Å². The van der Waals surface area contributed by atoms with Crippen LogP contribution in [0.4, 0.5) is 0 Å². The monoisotopic (exact) mass is 355 g/mol. The molecular formula is C21H29N3O2. The maximum Gasteiger partial charge on any atom is 0.236 e. The molecule has 1 aromatic carbocycles. The second kappa shape index (κ2) is 7.39. The summed E-state index contributed by atoms with van der Waals surface area (Å²) in [5.41, 5.74) is 1.43. The van der Waals surface area contributed by atoms with Gasteiger partial charge in [-0.2, -0.15) is 0 Å². The molecule has 2 amide bonds. The van der Waals surface area contributed by atoms with Crippen molar-refractivity contribution in [2.24, 2.45) is 5.92 Å². The molecule has 26 heavy (non-hydrogen) atoms. The van der Waals surface area contributed by atoms with Crippen LogP contribution in [-0.4, -0.2) is 72.3 Å². The number of amides is 2. The topological polar surface area (TPSA) is 43.9 Å². The van der Waals surface area contributed by atoms with Crippen LogP contribution >= 0.6 is 0 Å². The van der Waals surface area contributed by atoms with Crippen LogP contribution in [-0.2, 0) is 9.59 Å². The maximum atomic E-state index is 12.8. The van der Waals surface area contributed by atoms with Gasteiger partial charge in [0.05, 0.1) is 6.54 Å². The van der Waals surface area contributed by atoms with Gasteiger partial charge >= 0.3 is 0 Å². The zero-order chi connectivity index (χ0) is 18.1. The zero-order valence-corrected chi connectivity index (χ0v) is 15.6. The highest BCUT2D eigenvalue weighted by Gasteiger charge is 2.42. The lowest BCUT2D eigenvalue weighted by Crippen LogP contribution is -2.50. The van der Waals surface area contributed by atoms with Gasteiger partial charge in [-0.1, -0.05) is 30.3 Å². The van der Waals surface area contributed by atoms with Crippen molar-refractivity contribution >= 4 is 11.8 Å². The molecule has 3 aliphatic rings. The maximum absolute atomic E-state index is 12.8. The molecular weight excluding hydrogens is 326 g/mol. The fourth-order valence-electron chi connectivity index (χ4n) is 4.95. The first kappa shape index (κ1) is 17.5. The number of rotatable bonds is 3. The molecule has 5 heteroatoms. The molecule has 0 unspecified atom stereocenters. The van der Waals surface area contributed by atoms with E-state index in [0.29, 0.717) is 30.8 Å². The van der Waals surface area contributed by atoms with Gasteiger partial charge in [-0.3, -0.25) is 14.5 Å². The molecule has 2 atom stereocenters. The summed E-state index contributed by atoms with van der Waals surface area (Å²) in [5.74, 6) is 1.42. The van der Waals surface area contributed by atoms with Crippen LogP contribution < -0.4 is 0 Å². The summed E-state index contributed by atoms with van der Waals surface area (Å²) < 4.78 is 0. The Morgan fingerprint density at radius 2 is 1.81 bits per heavy atom. The standard InChI is InChI=1S/C21H29N3O2/c1-22-19-9-12-24(14-18(19)13-20(22)25)21(26)15-23-10-7-17(8-11-23)16-5-3-2-4-6-16/h2-6,17-19H,7-15H2,1H3/t18-,19+/m1/s1. The van der Waals surface area contributed by atoms with Gasteiger partial charge in [-0.05, 0) is 43.8 Å². The van der Waals surface area contributed by atoms with Crippen molar-refractivity contribution in [3.05, 3.63) is 35.9 Å². The molecule has 0 radical (unpaired) electrons. The Kier molecular flexibility index (Phi) is 4.98. The Balaban J connectivity index is 1.26. The number of hydrogen-bond acceptors (Lipinski definition) is 3. The lowest BCUT2D eigenvalue weighted by Gasteiger charge is -2.38. The lowest BCUT2D eigenvalue weighted by atomic mass is 9.89. The Labute approximate surface area is 155 Å². The van der Waals surface area contributed by atoms with E-state index in [0.717, 1.165) is 45.4 Å². The van der Waals surface area contributed by atoms with Crippen LogP contribution in [0.5, 0.6) is 0 Å². The molecule has 140 valence electrons. The minimum atomic E-state index is 0.234. The Hall–Kier alpha value is -1.88. The van der Waals surface area contributed by atoms with Crippen LogP contribution in [0.15, 0.2) is 30.3 Å². The molecule has 3 heterocycles. The van der Waals surface area contributed by atoms with Gasteiger partial charge in [-0.15, -0.1) is 0 Å². The van der Waals surface area contributed by atoms with E-state index in [9.17, 15) is 9.59 Å². The van der Waals surface area contributed by atoms with Crippen LogP contribution in [0.25, 0.3) is 0 Å². The molecule has 1 aromatic rings. The number of benzene rings is 1. The number of fused-ring (bicyclic) bond motifs is 1. The quantitative estimate of drug-likeness (QED) is 0.832. The van der Waals surface area contributed by atoms with Gasteiger partial charge in [0.25, 0.3) is 0 Å². The number of carbonyl (C=O) groups is 2. The smallest absolute Gasteiger partial charge is 0.236 e. The molecule has 4 rings (SSSR count). The summed E-state index contributed by atoms with van der Waals surface area (Å²) >= 11 is 0. The van der Waals surface area contributed by atoms with Crippen molar-refractivity contribution < 1.29 is 9.59 Å². The summed E-state index contributed by atoms with van der Waals surface area (Å²) in [7, 11) is 1.90. The summed E-state index contributed by atoms with van der Waals surface area (Å²) in [6, 6.07) is 11.1. The van der Waals surface area contributed by atoms with E-state index in [1.54, 1.807) is 0 Å². The van der Waals surface area contributed by atoms with Crippen LogP contribution in [0.2, 0.25) is 0 Å². The lowest BCUT2D eigenvalue weighted by molar-refractivity contribution is -0.135. The second-order valence-electron chi connectivity index (χ2n) is 8.13. The highest BCUT2D eigenvalue weighted by atomic mass is 16.2. The van der Waals surface area contributed by atoms with Crippen LogP contribution in [0, 0.1) is 5.92 Å². The van der Waals surface area contributed by atoms with E-state index in [1.165, 1.54) is 5.56 Å². The highest BCUT2D eigenvalue weighted by molar-refractivity contribution is 5.81. The Morgan fingerprint density at radius 3 is 2.54 bits per heavy atom. The minimum Gasteiger partial charge on any atom is -0.342 e. The molecule has 0 N–H and O–H groups in total. The third-order valence-corrected chi connectivity index (χ3v) is 6.59. The SMILES string of the molecule is CN1C(=O)C[C@@H]2CN(C(=O)CN3CCC(c4ccccc4)CC3)CC[C@@H]21. The number of hydrogen-bond donors (Lipinski definition) is 0. The average Bonchev–Trinajstić information content (AvgIpc) is 2.96. The van der Waals surface area contributed by atoms with Crippen molar-refractivity contribution in [2.75, 3.05) is 39.8 Å². The van der Waals surface area contributed by atoms with Crippen molar-refractivity contribution in [2.45, 2.75) is 37.6 Å². The molecule has 3 fully saturated rings. The summed E-state index contributed by atoms with van der Waals surface area (Å²) in [6.07, 6.45) is 3.78. The number of likely N-dealkylation sites (tertiary alicyclic amines) is 3. The Bertz CT molecular complexity index is 654. The van der Waals surface area contributed by atoms with E-state index < -0.39 is 0 Å². The van der Waals surface area contributed by atoms with E-state index in [4.69, 9.17) is 0 Å². The van der Waals surface area contributed by atoms with Crippen molar-refractivity contribution in [3.63, 3.8) is 0 Å². The van der Waals surface area contributed by atoms with Crippen molar-refractivity contribution in [1.82, 2.24) is 14.7 Å². The second-order valence-corrected chi connectivity index (χ2v) is 8.13. The van der Waals surface area contributed by atoms with E-state index >= 15 is 0 Å². The first-order valence-electron chi connectivity index (χ1n) is 9.92. The first-order chi connectivity index (χ1) is 12.6. The summed E-state index contributed by atoms with van der Waals surface area (Å²) in [6.45, 7) is 4.06. The number of nitrogens with zero attached hydrogens (tertiary/aromatic N) is 3. The molecule has 5 nitrogen and oxygen atoms in total. The van der Waals surface area contributed by atoms with Gasteiger partial charge in [0.1, 0.15) is 0 Å². The predicted molar refractivity (Wildman–Crippen MR) is 101 cm³/mol. The molecule has 0 spiro atoms. The summed E-state index contributed by atoms with van der Waals surface area (Å²) in [4.78, 5) is 30.8. The normalized spacial score (nSPS) is 27.7. The van der Waals surface area contributed by atoms with Gasteiger partial charge in [0.2, 0.25) is 11.8 Å². The molecule has 0 bridgehead atoms. The molecule has 0 saturated carbocycles. The first-order valence-corrected chi connectivity index (χ1v) is 9.92. The van der Waals surface area contributed by atoms with Gasteiger partial charge in [-0.25, -0.2) is 0 Å². The van der Waals surface area contributed by atoms with Gasteiger partial charge < -0.3 is 9.80 Å². The molecule has 3 saturated heterocycles. The largest absolute Gasteiger partial charge is 0.342 e. The number of carbonyl (C=O) groups excluding carboxylic acids is 2. The van der Waals surface area contributed by atoms with Crippen LogP contribution in [0.1, 0.15) is 37.2 Å². The Morgan fingerprint density at radius 1 is 1.08 bits per heavy atom. The van der Waals surface area contributed by atoms with Gasteiger partial charge in [0, 0.05) is 38.5 Å². The minimum absolute atomic E-state index is 0.234. The molecule has 0 aliphatic carbocycles. The van der Waals surface area contributed by atoms with E-state index in [2.05, 4.69) is 35.2 Å². The van der Waals surface area contributed by atoms with Gasteiger partial charge in [0.15, 0.2) is 0 Å². The fourth-order valence-corrected chi connectivity index (χ4v) is 4.95. The summed E-state index contributed by atoms with van der Waals surface area (Å²) in [5, 5.41) is 0. The highest BCUT2D eigenvalue weighted by Crippen LogP contribution is 2.31. The van der Waals surface area contributed by atoms with E-state index in [1.807, 2.05) is 16.8 Å². The number of piperidine rings is 2. The zero-order valence-electron chi connectivity index (χ0n) is 15.6. The molecule has 3 aliphatic heterocycles. The third-order valence-electron chi connectivity index (χ3n) is 6.59. The van der Waals surface area contributed by atoms with E-state index in [-0.39, 0.29) is 11.8 Å². The van der Waals surface area contributed by atoms with Crippen LogP contribution in [0.3, 0.4) is 0 Å². The fraction of sp³-hybridized carbons (Fsp3) is 0.619. The molecule has 0 aromatic heterocycles. The third kappa shape index (κ3) is 3.50. The average molecular weight is 355 g/mol. The predicted octanol–water partition coefficient (Wildman–Crippen LogP) is 1.95.